The van der Waals surface area contributed by atoms with Crippen LogP contribution in [0, 0.1) is 11.3 Å². The monoisotopic (exact) mass is 297 g/mol. The standard InChI is InChI=1S/C15H15N5S/c1-3-19(4-2)10-17-14-13(9-16)21-15-18-11-7-5-6-8-12(11)20(14)15/h5-8,10H,3-4H2,1-2H3. The second-order valence-electron chi connectivity index (χ2n) is 4.55. The minimum Gasteiger partial charge on any atom is -0.363 e. The highest BCUT2D eigenvalue weighted by atomic mass is 32.1. The van der Waals surface area contributed by atoms with Gasteiger partial charge in [0.25, 0.3) is 0 Å². The molecule has 0 saturated heterocycles. The zero-order valence-electron chi connectivity index (χ0n) is 11.9. The summed E-state index contributed by atoms with van der Waals surface area (Å²) in [5.41, 5.74) is 1.91. The van der Waals surface area contributed by atoms with E-state index in [1.54, 1.807) is 6.34 Å². The lowest BCUT2D eigenvalue weighted by Gasteiger charge is -2.13. The van der Waals surface area contributed by atoms with Gasteiger partial charge in [0.2, 0.25) is 0 Å². The van der Waals surface area contributed by atoms with Gasteiger partial charge in [-0.15, -0.1) is 0 Å². The predicted molar refractivity (Wildman–Crippen MR) is 86.4 cm³/mol. The van der Waals surface area contributed by atoms with Gasteiger partial charge in [0.15, 0.2) is 15.7 Å². The lowest BCUT2D eigenvalue weighted by Crippen LogP contribution is -2.20. The number of thiazole rings is 1. The van der Waals surface area contributed by atoms with Crippen molar-refractivity contribution in [3.8, 4) is 6.07 Å². The number of hydrogen-bond acceptors (Lipinski definition) is 4. The quantitative estimate of drug-likeness (QED) is 0.547. The number of aromatic nitrogens is 2. The second-order valence-corrected chi connectivity index (χ2v) is 5.53. The van der Waals surface area contributed by atoms with Crippen molar-refractivity contribution in [3.63, 3.8) is 0 Å². The Morgan fingerprint density at radius 2 is 2.14 bits per heavy atom. The van der Waals surface area contributed by atoms with Gasteiger partial charge in [-0.1, -0.05) is 23.5 Å². The Balaban J connectivity index is 2.21. The molecule has 2 heterocycles. The molecule has 0 amide bonds. The molecule has 0 saturated carbocycles. The van der Waals surface area contributed by atoms with Crippen LogP contribution in [0.15, 0.2) is 29.3 Å². The summed E-state index contributed by atoms with van der Waals surface area (Å²) in [6.45, 7) is 5.94. The maximum Gasteiger partial charge on any atom is 0.197 e. The molecule has 0 radical (unpaired) electrons. The van der Waals surface area contributed by atoms with E-state index in [9.17, 15) is 5.26 Å². The Kier molecular flexibility index (Phi) is 3.59. The van der Waals surface area contributed by atoms with Crippen molar-refractivity contribution < 1.29 is 0 Å². The molecule has 0 N–H and O–H groups in total. The molecule has 6 heteroatoms. The van der Waals surface area contributed by atoms with Crippen LogP contribution in [0.4, 0.5) is 5.82 Å². The molecule has 2 aromatic heterocycles. The molecule has 0 bridgehead atoms. The molecular weight excluding hydrogens is 282 g/mol. The number of fused-ring (bicyclic) bond motifs is 3. The van der Waals surface area contributed by atoms with Crippen LogP contribution in [-0.4, -0.2) is 33.7 Å². The van der Waals surface area contributed by atoms with Gasteiger partial charge in [-0.3, -0.25) is 4.40 Å². The topological polar surface area (TPSA) is 56.7 Å². The molecule has 0 aliphatic heterocycles. The third kappa shape index (κ3) is 2.26. The van der Waals surface area contributed by atoms with E-state index in [-0.39, 0.29) is 0 Å². The summed E-state index contributed by atoms with van der Waals surface area (Å²) >= 11 is 1.37. The predicted octanol–water partition coefficient (Wildman–Crippen LogP) is 3.42. The van der Waals surface area contributed by atoms with Gasteiger partial charge in [-0.2, -0.15) is 5.26 Å². The van der Waals surface area contributed by atoms with Crippen LogP contribution in [0.25, 0.3) is 16.0 Å². The Morgan fingerprint density at radius 3 is 2.86 bits per heavy atom. The number of nitrogens with zero attached hydrogens (tertiary/aromatic N) is 5. The summed E-state index contributed by atoms with van der Waals surface area (Å²) in [6.07, 6.45) is 1.80. The van der Waals surface area contributed by atoms with E-state index in [1.165, 1.54) is 11.3 Å². The lowest BCUT2D eigenvalue weighted by molar-refractivity contribution is 0.479. The van der Waals surface area contributed by atoms with Crippen molar-refractivity contribution >= 4 is 39.5 Å². The van der Waals surface area contributed by atoms with Gasteiger partial charge >= 0.3 is 0 Å². The maximum absolute atomic E-state index is 9.32. The molecule has 106 valence electrons. The summed E-state index contributed by atoms with van der Waals surface area (Å²) in [6, 6.07) is 10.1. The molecule has 3 aromatic rings. The second kappa shape index (κ2) is 5.54. The summed E-state index contributed by atoms with van der Waals surface area (Å²) < 4.78 is 1.96. The van der Waals surface area contributed by atoms with Crippen molar-refractivity contribution in [2.45, 2.75) is 13.8 Å². The summed E-state index contributed by atoms with van der Waals surface area (Å²) in [4.78, 5) is 12.6. The fourth-order valence-corrected chi connectivity index (χ4v) is 3.11. The average molecular weight is 297 g/mol. The minimum absolute atomic E-state index is 0.589. The smallest absolute Gasteiger partial charge is 0.197 e. The van der Waals surface area contributed by atoms with Crippen LogP contribution in [0.2, 0.25) is 0 Å². The summed E-state index contributed by atoms with van der Waals surface area (Å²) in [5.74, 6) is 0.665. The normalized spacial score (nSPS) is 11.5. The average Bonchev–Trinajstić information content (AvgIpc) is 3.04. The summed E-state index contributed by atoms with van der Waals surface area (Å²) in [7, 11) is 0. The number of aliphatic imine (C=N–C) groups is 1. The van der Waals surface area contributed by atoms with E-state index >= 15 is 0 Å². The van der Waals surface area contributed by atoms with Crippen molar-refractivity contribution in [2.24, 2.45) is 4.99 Å². The molecule has 3 rings (SSSR count). The molecule has 1 aromatic carbocycles. The van der Waals surface area contributed by atoms with E-state index in [1.807, 2.05) is 28.7 Å². The highest BCUT2D eigenvalue weighted by molar-refractivity contribution is 7.18. The Bertz CT molecular complexity index is 848. The summed E-state index contributed by atoms with van der Waals surface area (Å²) in [5, 5.41) is 9.32. The van der Waals surface area contributed by atoms with Gasteiger partial charge in [0.05, 0.1) is 17.4 Å². The zero-order chi connectivity index (χ0) is 14.8. The fourth-order valence-electron chi connectivity index (χ4n) is 2.23. The van der Waals surface area contributed by atoms with E-state index in [0.717, 1.165) is 29.1 Å². The lowest BCUT2D eigenvalue weighted by atomic mass is 10.3. The molecule has 21 heavy (non-hydrogen) atoms. The van der Waals surface area contributed by atoms with Crippen LogP contribution in [0.5, 0.6) is 0 Å². The van der Waals surface area contributed by atoms with E-state index in [2.05, 4.69) is 34.8 Å². The largest absolute Gasteiger partial charge is 0.363 e. The van der Waals surface area contributed by atoms with Crippen LogP contribution in [0.1, 0.15) is 18.7 Å². The van der Waals surface area contributed by atoms with Crippen molar-refractivity contribution in [1.29, 1.82) is 5.26 Å². The molecule has 0 aliphatic carbocycles. The SMILES string of the molecule is CCN(C=Nc1c(C#N)sc2nc3ccccc3n12)CC. The highest BCUT2D eigenvalue weighted by Crippen LogP contribution is 2.32. The fraction of sp³-hybridized carbons (Fsp3) is 0.267. The highest BCUT2D eigenvalue weighted by Gasteiger charge is 2.15. The number of hydrogen-bond donors (Lipinski definition) is 0. The van der Waals surface area contributed by atoms with Crippen molar-refractivity contribution in [3.05, 3.63) is 29.1 Å². The molecular formula is C15H15N5S. The third-order valence-electron chi connectivity index (χ3n) is 3.40. The minimum atomic E-state index is 0.589. The van der Waals surface area contributed by atoms with E-state index < -0.39 is 0 Å². The maximum atomic E-state index is 9.32. The molecule has 5 nitrogen and oxygen atoms in total. The van der Waals surface area contributed by atoms with Gasteiger partial charge in [-0.05, 0) is 26.0 Å². The van der Waals surface area contributed by atoms with Crippen molar-refractivity contribution in [2.75, 3.05) is 13.1 Å². The first-order valence-corrected chi connectivity index (χ1v) is 7.68. The first kappa shape index (κ1) is 13.6. The van der Waals surface area contributed by atoms with Crippen molar-refractivity contribution in [1.82, 2.24) is 14.3 Å². The molecule has 0 aliphatic rings. The van der Waals surface area contributed by atoms with Gasteiger partial charge < -0.3 is 4.90 Å². The number of imidazole rings is 1. The van der Waals surface area contributed by atoms with Crippen LogP contribution < -0.4 is 0 Å². The Morgan fingerprint density at radius 1 is 1.38 bits per heavy atom. The van der Waals surface area contributed by atoms with E-state index in [0.29, 0.717) is 10.7 Å². The number of rotatable bonds is 4. The van der Waals surface area contributed by atoms with Gasteiger partial charge in [0.1, 0.15) is 6.07 Å². The molecule has 0 spiro atoms. The molecule has 0 atom stereocenters. The third-order valence-corrected chi connectivity index (χ3v) is 4.33. The van der Waals surface area contributed by atoms with Gasteiger partial charge in [-0.25, -0.2) is 9.98 Å². The van der Waals surface area contributed by atoms with Crippen LogP contribution >= 0.6 is 11.3 Å². The Hall–Kier alpha value is -2.39. The van der Waals surface area contributed by atoms with Gasteiger partial charge in [0, 0.05) is 13.1 Å². The van der Waals surface area contributed by atoms with E-state index in [4.69, 9.17) is 0 Å². The number of para-hydroxylation sites is 2. The zero-order valence-corrected chi connectivity index (χ0v) is 12.8. The first-order valence-electron chi connectivity index (χ1n) is 6.86. The number of benzene rings is 1. The first-order chi connectivity index (χ1) is 10.3. The molecule has 0 fully saturated rings. The van der Waals surface area contributed by atoms with Crippen LogP contribution in [-0.2, 0) is 0 Å². The number of nitriles is 1. The Labute approximate surface area is 126 Å². The molecule has 0 unspecified atom stereocenters. The van der Waals surface area contributed by atoms with Crippen LogP contribution in [0.3, 0.4) is 0 Å².